The van der Waals surface area contributed by atoms with Crippen LogP contribution in [0.25, 0.3) is 33.6 Å². The number of alkyl halides is 1. The normalized spacial score (nSPS) is 24.9. The minimum absolute atomic E-state index is 0.0397. The molecule has 2 atom stereocenters. The molecule has 0 radical (unpaired) electrons. The minimum Gasteiger partial charge on any atom is -0.494 e. The Bertz CT molecular complexity index is 1640. The van der Waals surface area contributed by atoms with Crippen molar-refractivity contribution < 1.29 is 19.0 Å². The van der Waals surface area contributed by atoms with Crippen LogP contribution in [0.1, 0.15) is 66.9 Å². The van der Waals surface area contributed by atoms with Crippen molar-refractivity contribution in [1.82, 2.24) is 24.0 Å². The lowest BCUT2D eigenvalue weighted by atomic mass is 9.85. The summed E-state index contributed by atoms with van der Waals surface area (Å²) in [6.07, 6.45) is 4.92. The zero-order valence-corrected chi connectivity index (χ0v) is 24.3. The summed E-state index contributed by atoms with van der Waals surface area (Å²) in [4.78, 5) is 25.2. The molecule has 3 aromatic heterocycles. The van der Waals surface area contributed by atoms with E-state index in [0.29, 0.717) is 35.2 Å². The molecule has 2 aliphatic carbocycles. The molecule has 3 aliphatic rings. The maximum absolute atomic E-state index is 14.2. The third kappa shape index (κ3) is 4.94. The number of hydrogen-bond donors (Lipinski definition) is 2. The number of nitrogens with two attached hydrogens (primary N) is 1. The molecule has 222 valence electrons. The van der Waals surface area contributed by atoms with Gasteiger partial charge in [0, 0.05) is 48.7 Å². The van der Waals surface area contributed by atoms with Crippen LogP contribution in [0, 0.1) is 5.92 Å². The predicted octanol–water partition coefficient (Wildman–Crippen LogP) is 4.54. The highest BCUT2D eigenvalue weighted by atomic mass is 19.1. The molecule has 3 fully saturated rings. The number of nitrogens with zero attached hydrogens (tertiary/aromatic N) is 5. The van der Waals surface area contributed by atoms with Gasteiger partial charge in [0.1, 0.15) is 23.1 Å². The molecule has 10 heteroatoms. The Morgan fingerprint density at radius 1 is 1.10 bits per heavy atom. The third-order valence-corrected chi connectivity index (χ3v) is 9.37. The largest absolute Gasteiger partial charge is 0.494 e. The number of hydrogen-bond acceptors (Lipinski definition) is 6. The van der Waals surface area contributed by atoms with E-state index < -0.39 is 6.17 Å². The first-order valence-corrected chi connectivity index (χ1v) is 15.2. The van der Waals surface area contributed by atoms with Gasteiger partial charge in [-0.3, -0.25) is 4.79 Å². The summed E-state index contributed by atoms with van der Waals surface area (Å²) in [5.74, 6) is 2.04. The van der Waals surface area contributed by atoms with Gasteiger partial charge < -0.3 is 29.6 Å². The maximum atomic E-state index is 14.2. The number of aliphatic hydroxyl groups is 1. The molecule has 0 bridgehead atoms. The van der Waals surface area contributed by atoms with Crippen LogP contribution in [0.3, 0.4) is 0 Å². The van der Waals surface area contributed by atoms with Crippen molar-refractivity contribution in [1.29, 1.82) is 0 Å². The van der Waals surface area contributed by atoms with Gasteiger partial charge in [0.15, 0.2) is 5.82 Å². The maximum Gasteiger partial charge on any atom is 0.254 e. The molecule has 0 spiro atoms. The zero-order chi connectivity index (χ0) is 29.1. The monoisotopic (exact) mass is 574 g/mol. The van der Waals surface area contributed by atoms with Crippen molar-refractivity contribution in [3.63, 3.8) is 0 Å². The first kappa shape index (κ1) is 27.3. The number of benzene rings is 1. The fourth-order valence-corrected chi connectivity index (χ4v) is 6.91. The lowest BCUT2D eigenvalue weighted by Crippen LogP contribution is -2.50. The summed E-state index contributed by atoms with van der Waals surface area (Å²) in [7, 11) is 3.56. The Kier molecular flexibility index (Phi) is 6.93. The quantitative estimate of drug-likeness (QED) is 0.350. The van der Waals surface area contributed by atoms with E-state index in [1.807, 2.05) is 11.6 Å². The summed E-state index contributed by atoms with van der Waals surface area (Å²) >= 11 is 0. The molecule has 1 aliphatic heterocycles. The Morgan fingerprint density at radius 3 is 2.60 bits per heavy atom. The van der Waals surface area contributed by atoms with Gasteiger partial charge in [0.25, 0.3) is 5.91 Å². The van der Waals surface area contributed by atoms with Gasteiger partial charge in [0.05, 0.1) is 31.0 Å². The first-order chi connectivity index (χ1) is 20.3. The fourth-order valence-electron chi connectivity index (χ4n) is 6.91. The Morgan fingerprint density at radius 2 is 1.88 bits per heavy atom. The van der Waals surface area contributed by atoms with Crippen LogP contribution in [0.15, 0.2) is 30.3 Å². The van der Waals surface area contributed by atoms with Gasteiger partial charge in [0.2, 0.25) is 0 Å². The van der Waals surface area contributed by atoms with Crippen molar-refractivity contribution in [2.24, 2.45) is 18.7 Å². The first-order valence-electron chi connectivity index (χ1n) is 15.2. The van der Waals surface area contributed by atoms with Crippen LogP contribution in [0.4, 0.5) is 4.39 Å². The summed E-state index contributed by atoms with van der Waals surface area (Å²) in [5, 5.41) is 11.1. The van der Waals surface area contributed by atoms with E-state index in [0.717, 1.165) is 66.0 Å². The molecule has 4 heterocycles. The van der Waals surface area contributed by atoms with E-state index in [-0.39, 0.29) is 31.0 Å². The lowest BCUT2D eigenvalue weighted by molar-refractivity contribution is 0.0606. The highest BCUT2D eigenvalue weighted by Gasteiger charge is 2.31. The number of carbonyl (C=O) groups is 1. The van der Waals surface area contributed by atoms with Gasteiger partial charge >= 0.3 is 0 Å². The van der Waals surface area contributed by atoms with Gasteiger partial charge in [-0.15, -0.1) is 0 Å². The van der Waals surface area contributed by atoms with Crippen LogP contribution < -0.4 is 10.5 Å². The van der Waals surface area contributed by atoms with Gasteiger partial charge in [-0.25, -0.2) is 14.4 Å². The molecule has 1 amide bonds. The van der Waals surface area contributed by atoms with Crippen molar-refractivity contribution in [2.75, 3.05) is 20.2 Å². The van der Waals surface area contributed by atoms with Crippen LogP contribution in [-0.2, 0) is 13.6 Å². The van der Waals surface area contributed by atoms with Gasteiger partial charge in [-0.05, 0) is 81.2 Å². The molecule has 9 nitrogen and oxygen atoms in total. The Hall–Kier alpha value is -3.50. The molecule has 1 aromatic carbocycles. The molecule has 1 saturated heterocycles. The summed E-state index contributed by atoms with van der Waals surface area (Å²) in [6, 6.07) is 9.58. The van der Waals surface area contributed by atoms with Gasteiger partial charge in [-0.1, -0.05) is 0 Å². The minimum atomic E-state index is -1.13. The van der Waals surface area contributed by atoms with E-state index >= 15 is 0 Å². The van der Waals surface area contributed by atoms with E-state index in [2.05, 4.69) is 22.8 Å². The average molecular weight is 575 g/mol. The topological polar surface area (TPSA) is 111 Å². The molecule has 42 heavy (non-hydrogen) atoms. The number of likely N-dealkylation sites (tertiary alicyclic amines) is 1. The number of aromatic nitrogens is 4. The number of aliphatic hydroxyl groups excluding tert-OH is 1. The zero-order valence-electron chi connectivity index (χ0n) is 24.3. The number of imidazole rings is 1. The summed E-state index contributed by atoms with van der Waals surface area (Å²) in [5.41, 5.74) is 10.9. The Labute approximate surface area is 244 Å². The SMILES string of the molecule is COc1cc(C(=O)N2C[C@H](N)C[C@@H](F)C2)cc2nc(-c3cc4ccc(C5CCC(O)CC5)nc4n3CC3CC3)n(C)c12. The van der Waals surface area contributed by atoms with E-state index in [1.54, 1.807) is 19.2 Å². The standard InChI is InChI=1S/C32H39FN6O3/c1-37-29-26(11-21(13-28(29)42-2)32(41)38-16-22(33)14-23(34)17-38)36-31(37)27-12-20-7-10-25(19-5-8-24(40)9-6-19)35-30(20)39(27)15-18-3-4-18/h7,10-13,18-19,22-24,40H,3-6,8-9,14-17,34H2,1-2H3/t19?,22-,23-,24?/m1/s1. The molecule has 3 N–H and O–H groups in total. The highest BCUT2D eigenvalue weighted by molar-refractivity contribution is 6.00. The number of aryl methyl sites for hydroxylation is 1. The van der Waals surface area contributed by atoms with Crippen molar-refractivity contribution in [2.45, 2.75) is 75.7 Å². The van der Waals surface area contributed by atoms with Crippen LogP contribution in [0.2, 0.25) is 0 Å². The van der Waals surface area contributed by atoms with E-state index in [4.69, 9.17) is 20.4 Å². The summed E-state index contributed by atoms with van der Waals surface area (Å²) in [6.45, 7) is 1.24. The number of carbonyl (C=O) groups excluding carboxylic acids is 1. The van der Waals surface area contributed by atoms with E-state index in [9.17, 15) is 14.3 Å². The number of amides is 1. The van der Waals surface area contributed by atoms with E-state index in [1.165, 1.54) is 17.7 Å². The molecule has 7 rings (SSSR count). The molecular weight excluding hydrogens is 535 g/mol. The second kappa shape index (κ2) is 10.6. The number of fused-ring (bicyclic) bond motifs is 2. The smallest absolute Gasteiger partial charge is 0.254 e. The molecule has 4 aromatic rings. The van der Waals surface area contributed by atoms with Gasteiger partial charge in [-0.2, -0.15) is 0 Å². The number of rotatable bonds is 6. The molecule has 2 saturated carbocycles. The average Bonchev–Trinajstić information content (AvgIpc) is 3.65. The van der Waals surface area contributed by atoms with Crippen LogP contribution >= 0.6 is 0 Å². The fraction of sp³-hybridized carbons (Fsp3) is 0.531. The van der Waals surface area contributed by atoms with Crippen molar-refractivity contribution in [3.05, 3.63) is 41.6 Å². The molecule has 0 unspecified atom stereocenters. The number of halogens is 1. The highest BCUT2D eigenvalue weighted by Crippen LogP contribution is 2.39. The second-order valence-electron chi connectivity index (χ2n) is 12.6. The van der Waals surface area contributed by atoms with Crippen LogP contribution in [0.5, 0.6) is 5.75 Å². The summed E-state index contributed by atoms with van der Waals surface area (Å²) < 4.78 is 24.3. The van der Waals surface area contributed by atoms with Crippen LogP contribution in [-0.4, -0.2) is 73.5 Å². The second-order valence-corrected chi connectivity index (χ2v) is 12.6. The third-order valence-electron chi connectivity index (χ3n) is 9.37. The predicted molar refractivity (Wildman–Crippen MR) is 159 cm³/mol. The number of methoxy groups -OCH3 is 1. The lowest BCUT2D eigenvalue weighted by Gasteiger charge is -2.33. The molecular formula is C32H39FN6O3. The van der Waals surface area contributed by atoms with Crippen molar-refractivity contribution in [3.8, 4) is 17.3 Å². The number of piperidine rings is 1. The number of ether oxygens (including phenoxy) is 1. The Balaban J connectivity index is 1.30. The number of pyridine rings is 1. The van der Waals surface area contributed by atoms with Crippen molar-refractivity contribution >= 4 is 28.0 Å².